The summed E-state index contributed by atoms with van der Waals surface area (Å²) < 4.78 is 10.6. The Morgan fingerprint density at radius 2 is 2.25 bits per heavy atom. The van der Waals surface area contributed by atoms with Gasteiger partial charge in [0.1, 0.15) is 5.75 Å². The number of ether oxygens (including phenoxy) is 2. The third-order valence-corrected chi connectivity index (χ3v) is 3.78. The molecule has 0 bridgehead atoms. The fourth-order valence-corrected chi connectivity index (χ4v) is 2.59. The number of methoxy groups -OCH3 is 1. The molecule has 1 unspecified atom stereocenters. The Kier molecular flexibility index (Phi) is 5.42. The van der Waals surface area contributed by atoms with E-state index in [0.29, 0.717) is 17.3 Å². The number of morpholine rings is 1. The summed E-state index contributed by atoms with van der Waals surface area (Å²) in [5, 5.41) is 18.8. The fourth-order valence-electron chi connectivity index (χ4n) is 2.59. The zero-order valence-electron chi connectivity index (χ0n) is 12.1. The number of benzene rings is 1. The molecule has 1 aliphatic heterocycles. The molecule has 1 atom stereocenters. The second kappa shape index (κ2) is 7.08. The second-order valence-electron chi connectivity index (χ2n) is 5.06. The standard InChI is InChI=1S/C14H22BNO4/c1-3-12-10-20-7-6-16(12)9-11-4-5-14(19-2)13(8-11)15(17)18/h4-5,8,12,17-18H,3,6-7,9-10H2,1-2H3. The van der Waals surface area contributed by atoms with Crippen LogP contribution < -0.4 is 10.2 Å². The largest absolute Gasteiger partial charge is 0.497 e. The molecule has 110 valence electrons. The van der Waals surface area contributed by atoms with Gasteiger partial charge in [-0.05, 0) is 18.1 Å². The minimum atomic E-state index is -1.52. The summed E-state index contributed by atoms with van der Waals surface area (Å²) in [5.74, 6) is 0.498. The van der Waals surface area contributed by atoms with Crippen molar-refractivity contribution in [1.82, 2.24) is 4.90 Å². The van der Waals surface area contributed by atoms with E-state index in [0.717, 1.165) is 38.3 Å². The molecule has 1 aromatic carbocycles. The Morgan fingerprint density at radius 3 is 2.90 bits per heavy atom. The van der Waals surface area contributed by atoms with E-state index in [1.807, 2.05) is 6.07 Å². The van der Waals surface area contributed by atoms with Crippen LogP contribution >= 0.6 is 0 Å². The van der Waals surface area contributed by atoms with Gasteiger partial charge in [0.05, 0.1) is 20.3 Å². The van der Waals surface area contributed by atoms with Crippen molar-refractivity contribution in [2.75, 3.05) is 26.9 Å². The van der Waals surface area contributed by atoms with Crippen LogP contribution in [0.1, 0.15) is 18.9 Å². The minimum Gasteiger partial charge on any atom is -0.497 e. The van der Waals surface area contributed by atoms with Crippen LogP contribution in [0.4, 0.5) is 0 Å². The van der Waals surface area contributed by atoms with Gasteiger partial charge >= 0.3 is 7.12 Å². The molecule has 0 saturated carbocycles. The third-order valence-electron chi connectivity index (χ3n) is 3.78. The Morgan fingerprint density at radius 1 is 1.45 bits per heavy atom. The van der Waals surface area contributed by atoms with E-state index < -0.39 is 7.12 Å². The summed E-state index contributed by atoms with van der Waals surface area (Å²) in [7, 11) is 0.00671. The molecular formula is C14H22BNO4. The quantitative estimate of drug-likeness (QED) is 0.742. The van der Waals surface area contributed by atoms with Crippen LogP contribution in [-0.2, 0) is 11.3 Å². The predicted octanol–water partition coefficient (Wildman–Crippen LogP) is -0.0142. The summed E-state index contributed by atoms with van der Waals surface area (Å²) in [4.78, 5) is 2.37. The van der Waals surface area contributed by atoms with Crippen LogP contribution in [0.25, 0.3) is 0 Å². The lowest BCUT2D eigenvalue weighted by atomic mass is 9.78. The van der Waals surface area contributed by atoms with Gasteiger partial charge in [0.25, 0.3) is 0 Å². The highest BCUT2D eigenvalue weighted by Gasteiger charge is 2.23. The number of rotatable bonds is 5. The van der Waals surface area contributed by atoms with Gasteiger partial charge in [-0.15, -0.1) is 0 Å². The first-order valence-corrected chi connectivity index (χ1v) is 7.00. The van der Waals surface area contributed by atoms with Gasteiger partial charge in [-0.1, -0.05) is 19.1 Å². The van der Waals surface area contributed by atoms with Crippen LogP contribution in [0.3, 0.4) is 0 Å². The third kappa shape index (κ3) is 3.52. The maximum absolute atomic E-state index is 9.41. The number of nitrogens with zero attached hydrogens (tertiary/aromatic N) is 1. The van der Waals surface area contributed by atoms with Crippen LogP contribution in [-0.4, -0.2) is 55.0 Å². The number of hydrogen-bond donors (Lipinski definition) is 2. The van der Waals surface area contributed by atoms with E-state index in [9.17, 15) is 10.0 Å². The molecular weight excluding hydrogens is 257 g/mol. The van der Waals surface area contributed by atoms with E-state index in [4.69, 9.17) is 9.47 Å². The first-order valence-electron chi connectivity index (χ1n) is 7.00. The highest BCUT2D eigenvalue weighted by atomic mass is 16.5. The minimum absolute atomic E-state index is 0.409. The maximum atomic E-state index is 9.41. The summed E-state index contributed by atoms with van der Waals surface area (Å²) in [6, 6.07) is 5.97. The van der Waals surface area contributed by atoms with Crippen LogP contribution in [0.2, 0.25) is 0 Å². The van der Waals surface area contributed by atoms with Gasteiger partial charge in [-0.2, -0.15) is 0 Å². The Bertz CT molecular complexity index is 441. The van der Waals surface area contributed by atoms with E-state index in [2.05, 4.69) is 11.8 Å². The van der Waals surface area contributed by atoms with Crippen LogP contribution in [0.5, 0.6) is 5.75 Å². The lowest BCUT2D eigenvalue weighted by molar-refractivity contribution is -0.0127. The molecule has 1 fully saturated rings. The summed E-state index contributed by atoms with van der Waals surface area (Å²) >= 11 is 0. The zero-order chi connectivity index (χ0) is 14.5. The molecule has 20 heavy (non-hydrogen) atoms. The zero-order valence-corrected chi connectivity index (χ0v) is 12.1. The van der Waals surface area contributed by atoms with Gasteiger partial charge in [0, 0.05) is 24.6 Å². The molecule has 0 aliphatic carbocycles. The monoisotopic (exact) mass is 279 g/mol. The second-order valence-corrected chi connectivity index (χ2v) is 5.06. The molecule has 1 aromatic rings. The predicted molar refractivity (Wildman–Crippen MR) is 78.1 cm³/mol. The molecule has 0 spiro atoms. The van der Waals surface area contributed by atoms with Crippen molar-refractivity contribution < 1.29 is 19.5 Å². The molecule has 1 saturated heterocycles. The van der Waals surface area contributed by atoms with Crippen molar-refractivity contribution in [3.05, 3.63) is 23.8 Å². The summed E-state index contributed by atoms with van der Waals surface area (Å²) in [6.45, 7) is 5.36. The smallest absolute Gasteiger partial charge is 0.492 e. The van der Waals surface area contributed by atoms with Crippen molar-refractivity contribution in [1.29, 1.82) is 0 Å². The van der Waals surface area contributed by atoms with E-state index in [-0.39, 0.29) is 0 Å². The van der Waals surface area contributed by atoms with Crippen molar-refractivity contribution in [3.8, 4) is 5.75 Å². The van der Waals surface area contributed by atoms with Gasteiger partial charge in [-0.3, -0.25) is 4.90 Å². The van der Waals surface area contributed by atoms with Crippen molar-refractivity contribution in [2.24, 2.45) is 0 Å². The summed E-state index contributed by atoms with van der Waals surface area (Å²) in [5.41, 5.74) is 1.46. The summed E-state index contributed by atoms with van der Waals surface area (Å²) in [6.07, 6.45) is 1.05. The lowest BCUT2D eigenvalue weighted by Gasteiger charge is -2.35. The van der Waals surface area contributed by atoms with Crippen molar-refractivity contribution >= 4 is 12.6 Å². The Balaban J connectivity index is 2.14. The normalized spacial score (nSPS) is 19.9. The van der Waals surface area contributed by atoms with Gasteiger partial charge in [-0.25, -0.2) is 0 Å². The Labute approximate surface area is 120 Å². The van der Waals surface area contributed by atoms with Gasteiger partial charge in [0.2, 0.25) is 0 Å². The van der Waals surface area contributed by atoms with Crippen LogP contribution in [0, 0.1) is 0 Å². The van der Waals surface area contributed by atoms with E-state index >= 15 is 0 Å². The van der Waals surface area contributed by atoms with Crippen molar-refractivity contribution in [2.45, 2.75) is 25.9 Å². The molecule has 0 amide bonds. The average molecular weight is 279 g/mol. The first-order chi connectivity index (χ1) is 9.65. The van der Waals surface area contributed by atoms with Crippen molar-refractivity contribution in [3.63, 3.8) is 0 Å². The van der Waals surface area contributed by atoms with E-state index in [1.165, 1.54) is 7.11 Å². The molecule has 1 heterocycles. The maximum Gasteiger partial charge on any atom is 0.492 e. The molecule has 5 nitrogen and oxygen atoms in total. The Hall–Kier alpha value is -1.08. The van der Waals surface area contributed by atoms with Gasteiger partial charge < -0.3 is 19.5 Å². The highest BCUT2D eigenvalue weighted by molar-refractivity contribution is 6.59. The highest BCUT2D eigenvalue weighted by Crippen LogP contribution is 2.16. The van der Waals surface area contributed by atoms with Gasteiger partial charge in [0.15, 0.2) is 0 Å². The molecule has 6 heteroatoms. The molecule has 0 aromatic heterocycles. The lowest BCUT2D eigenvalue weighted by Crippen LogP contribution is -2.44. The molecule has 0 radical (unpaired) electrons. The van der Waals surface area contributed by atoms with Crippen LogP contribution in [0.15, 0.2) is 18.2 Å². The van der Waals surface area contributed by atoms with E-state index in [1.54, 1.807) is 12.1 Å². The molecule has 2 rings (SSSR count). The topological polar surface area (TPSA) is 62.2 Å². The molecule has 2 N–H and O–H groups in total. The number of hydrogen-bond acceptors (Lipinski definition) is 5. The first kappa shape index (κ1) is 15.3. The molecule has 1 aliphatic rings. The average Bonchev–Trinajstić information content (AvgIpc) is 2.47. The fraction of sp³-hybridized carbons (Fsp3) is 0.571. The SMILES string of the molecule is CCC1COCCN1Cc1ccc(OC)c(B(O)O)c1.